The molecule has 1 rings (SSSR count). The maximum Gasteiger partial charge on any atom is 0.408 e. The number of benzene rings is 1. The number of alkyl carbamates (subject to hydrolysis) is 1. The van der Waals surface area contributed by atoms with Gasteiger partial charge >= 0.3 is 12.7 Å². The van der Waals surface area contributed by atoms with Crippen molar-refractivity contribution in [2.45, 2.75) is 45.9 Å². The number of hydrogen-bond donors (Lipinski definition) is 1. The number of ether oxygens (including phenoxy) is 2. The van der Waals surface area contributed by atoms with Crippen LogP contribution in [0.25, 0.3) is 0 Å². The van der Waals surface area contributed by atoms with Gasteiger partial charge in [0.15, 0.2) is 0 Å². The smallest absolute Gasteiger partial charge is 0.408 e. The second-order valence-corrected chi connectivity index (χ2v) is 6.34. The highest BCUT2D eigenvalue weighted by Crippen LogP contribution is 2.30. The number of carbonyl (C=O) groups is 1. The van der Waals surface area contributed by atoms with Crippen molar-refractivity contribution in [3.63, 3.8) is 0 Å². The lowest BCUT2D eigenvalue weighted by molar-refractivity contribution is -0.0506. The molecule has 0 heterocycles. The van der Waals surface area contributed by atoms with Crippen LogP contribution in [-0.2, 0) is 4.74 Å². The molecule has 0 saturated heterocycles. The standard InChI is InChI=1S/C14H18BrF2NO3/c1-8(18-13(19)21-14(2,3)4)10-6-5-9(15)7-11(10)20-12(16)17/h5-8,12H,1-4H3,(H,18,19)/t8-/m0/s1. The summed E-state index contributed by atoms with van der Waals surface area (Å²) in [6, 6.07) is 4.17. The number of alkyl halides is 2. The Balaban J connectivity index is 2.86. The van der Waals surface area contributed by atoms with Crippen LogP contribution in [-0.4, -0.2) is 18.3 Å². The van der Waals surface area contributed by atoms with Gasteiger partial charge in [-0.05, 0) is 39.8 Å². The molecule has 0 aliphatic heterocycles. The van der Waals surface area contributed by atoms with Crippen molar-refractivity contribution < 1.29 is 23.0 Å². The van der Waals surface area contributed by atoms with E-state index in [4.69, 9.17) is 4.74 Å². The fourth-order valence-electron chi connectivity index (χ4n) is 1.63. The zero-order valence-corrected chi connectivity index (χ0v) is 13.8. The summed E-state index contributed by atoms with van der Waals surface area (Å²) < 4.78 is 35.1. The van der Waals surface area contributed by atoms with Crippen molar-refractivity contribution in [1.29, 1.82) is 0 Å². The fourth-order valence-corrected chi connectivity index (χ4v) is 1.97. The molecule has 1 amide bonds. The van der Waals surface area contributed by atoms with Gasteiger partial charge in [0.2, 0.25) is 0 Å². The van der Waals surface area contributed by atoms with E-state index in [1.807, 2.05) is 0 Å². The summed E-state index contributed by atoms with van der Waals surface area (Å²) >= 11 is 3.19. The zero-order valence-electron chi connectivity index (χ0n) is 12.2. The van der Waals surface area contributed by atoms with E-state index >= 15 is 0 Å². The third kappa shape index (κ3) is 6.29. The van der Waals surface area contributed by atoms with Crippen molar-refractivity contribution in [2.75, 3.05) is 0 Å². The minimum absolute atomic E-state index is 0.00272. The van der Waals surface area contributed by atoms with Crippen molar-refractivity contribution in [1.82, 2.24) is 5.32 Å². The van der Waals surface area contributed by atoms with Crippen LogP contribution in [0.1, 0.15) is 39.3 Å². The van der Waals surface area contributed by atoms with Crippen LogP contribution < -0.4 is 10.1 Å². The first-order valence-electron chi connectivity index (χ1n) is 6.32. The molecule has 1 N–H and O–H groups in total. The molecular weight excluding hydrogens is 348 g/mol. The Morgan fingerprint density at radius 3 is 2.48 bits per heavy atom. The Morgan fingerprint density at radius 2 is 1.95 bits per heavy atom. The molecule has 0 radical (unpaired) electrons. The highest BCUT2D eigenvalue weighted by atomic mass is 79.9. The van der Waals surface area contributed by atoms with Crippen LogP contribution in [0.2, 0.25) is 0 Å². The lowest BCUT2D eigenvalue weighted by Gasteiger charge is -2.23. The van der Waals surface area contributed by atoms with Gasteiger partial charge in [-0.25, -0.2) is 4.79 Å². The van der Waals surface area contributed by atoms with Crippen molar-refractivity contribution in [2.24, 2.45) is 0 Å². The SMILES string of the molecule is C[C@H](NC(=O)OC(C)(C)C)c1ccc(Br)cc1OC(F)F. The summed E-state index contributed by atoms with van der Waals surface area (Å²) in [5.74, 6) is 0.00272. The molecule has 0 unspecified atom stereocenters. The number of carbonyl (C=O) groups excluding carboxylic acids is 1. The van der Waals surface area contributed by atoms with Crippen LogP contribution in [0, 0.1) is 0 Å². The van der Waals surface area contributed by atoms with E-state index in [9.17, 15) is 13.6 Å². The predicted molar refractivity (Wildman–Crippen MR) is 78.6 cm³/mol. The Morgan fingerprint density at radius 1 is 1.33 bits per heavy atom. The lowest BCUT2D eigenvalue weighted by Crippen LogP contribution is -2.34. The molecule has 1 atom stereocenters. The molecule has 21 heavy (non-hydrogen) atoms. The van der Waals surface area contributed by atoms with Crippen LogP contribution >= 0.6 is 15.9 Å². The third-order valence-electron chi connectivity index (χ3n) is 2.39. The Bertz CT molecular complexity index is 503. The van der Waals surface area contributed by atoms with Crippen molar-refractivity contribution >= 4 is 22.0 Å². The fraction of sp³-hybridized carbons (Fsp3) is 0.500. The molecule has 0 aliphatic carbocycles. The summed E-state index contributed by atoms with van der Waals surface area (Å²) in [7, 11) is 0. The topological polar surface area (TPSA) is 47.6 Å². The van der Waals surface area contributed by atoms with Gasteiger partial charge in [0, 0.05) is 10.0 Å². The second-order valence-electron chi connectivity index (χ2n) is 5.43. The molecule has 1 aromatic carbocycles. The van der Waals surface area contributed by atoms with Gasteiger partial charge < -0.3 is 14.8 Å². The predicted octanol–water partition coefficient (Wildman–Crippen LogP) is 4.64. The molecule has 1 aromatic rings. The molecule has 7 heteroatoms. The van der Waals surface area contributed by atoms with E-state index in [1.165, 1.54) is 6.07 Å². The van der Waals surface area contributed by atoms with Gasteiger partial charge in [0.05, 0.1) is 6.04 Å². The molecular formula is C14H18BrF2NO3. The summed E-state index contributed by atoms with van der Waals surface area (Å²) in [5.41, 5.74) is -0.199. The van der Waals surface area contributed by atoms with Gasteiger partial charge in [0.1, 0.15) is 11.4 Å². The summed E-state index contributed by atoms with van der Waals surface area (Å²) in [4.78, 5) is 11.7. The number of rotatable bonds is 4. The van der Waals surface area contributed by atoms with E-state index in [1.54, 1.807) is 39.8 Å². The molecule has 0 bridgehead atoms. The third-order valence-corrected chi connectivity index (χ3v) is 2.88. The van der Waals surface area contributed by atoms with Crippen LogP contribution in [0.4, 0.5) is 13.6 Å². The van der Waals surface area contributed by atoms with Crippen LogP contribution in [0.5, 0.6) is 5.75 Å². The maximum absolute atomic E-state index is 12.4. The van der Waals surface area contributed by atoms with Crippen molar-refractivity contribution in [3.8, 4) is 5.75 Å². The van der Waals surface area contributed by atoms with Crippen LogP contribution in [0.3, 0.4) is 0 Å². The molecule has 0 aromatic heterocycles. The zero-order chi connectivity index (χ0) is 16.2. The summed E-state index contributed by atoms with van der Waals surface area (Å²) in [5, 5.41) is 2.58. The lowest BCUT2D eigenvalue weighted by atomic mass is 10.1. The van der Waals surface area contributed by atoms with Crippen LogP contribution in [0.15, 0.2) is 22.7 Å². The minimum Gasteiger partial charge on any atom is -0.444 e. The molecule has 0 aliphatic rings. The van der Waals surface area contributed by atoms with Gasteiger partial charge in [-0.3, -0.25) is 0 Å². The molecule has 118 valence electrons. The molecule has 0 saturated carbocycles. The average molecular weight is 366 g/mol. The van der Waals surface area contributed by atoms with E-state index in [0.717, 1.165) is 0 Å². The van der Waals surface area contributed by atoms with E-state index < -0.39 is 24.3 Å². The average Bonchev–Trinajstić information content (AvgIpc) is 2.24. The quantitative estimate of drug-likeness (QED) is 0.845. The van der Waals surface area contributed by atoms with Crippen molar-refractivity contribution in [3.05, 3.63) is 28.2 Å². The Kier molecular flexibility index (Phi) is 5.95. The van der Waals surface area contributed by atoms with E-state index in [0.29, 0.717) is 10.0 Å². The highest BCUT2D eigenvalue weighted by molar-refractivity contribution is 9.10. The number of halogens is 3. The Hall–Kier alpha value is -1.37. The molecule has 0 spiro atoms. The first-order chi connectivity index (χ1) is 9.58. The van der Waals surface area contributed by atoms with Gasteiger partial charge in [0.25, 0.3) is 0 Å². The van der Waals surface area contributed by atoms with E-state index in [2.05, 4.69) is 26.0 Å². The summed E-state index contributed by atoms with van der Waals surface area (Å²) in [6.45, 7) is 3.93. The van der Waals surface area contributed by atoms with Gasteiger partial charge in [-0.2, -0.15) is 8.78 Å². The van der Waals surface area contributed by atoms with E-state index in [-0.39, 0.29) is 5.75 Å². The highest BCUT2D eigenvalue weighted by Gasteiger charge is 2.21. The first kappa shape index (κ1) is 17.7. The summed E-state index contributed by atoms with van der Waals surface area (Å²) in [6.07, 6.45) is -0.624. The molecule has 4 nitrogen and oxygen atoms in total. The normalized spacial score (nSPS) is 13.0. The van der Waals surface area contributed by atoms with Gasteiger partial charge in [-0.15, -0.1) is 0 Å². The molecule has 0 fully saturated rings. The number of amides is 1. The monoisotopic (exact) mass is 365 g/mol. The maximum atomic E-state index is 12.4. The first-order valence-corrected chi connectivity index (χ1v) is 7.11. The number of hydrogen-bond acceptors (Lipinski definition) is 3. The second kappa shape index (κ2) is 7.06. The largest absolute Gasteiger partial charge is 0.444 e. The van der Waals surface area contributed by atoms with Gasteiger partial charge in [-0.1, -0.05) is 22.0 Å². The number of nitrogens with one attached hydrogen (secondary N) is 1. The minimum atomic E-state index is -2.94. The Labute approximate surface area is 130 Å².